The topological polar surface area (TPSA) is 65.8 Å². The van der Waals surface area contributed by atoms with Crippen LogP contribution in [0.15, 0.2) is 59.0 Å². The number of rotatable bonds is 4. The number of carbonyl (C=O) groups excluding carboxylic acids is 2. The summed E-state index contributed by atoms with van der Waals surface area (Å²) < 4.78 is 47.5. The predicted molar refractivity (Wildman–Crippen MR) is 114 cm³/mol. The fourth-order valence-electron chi connectivity index (χ4n) is 3.85. The van der Waals surface area contributed by atoms with Gasteiger partial charge in [-0.25, -0.2) is 0 Å². The van der Waals surface area contributed by atoms with Crippen molar-refractivity contribution in [3.8, 4) is 0 Å². The number of fused-ring (bicyclic) bond motifs is 2. The molecule has 3 aromatic rings. The predicted octanol–water partition coefficient (Wildman–Crippen LogP) is 4.73. The summed E-state index contributed by atoms with van der Waals surface area (Å²) in [4.78, 5) is 27.6. The van der Waals surface area contributed by atoms with Crippen LogP contribution in [-0.4, -0.2) is 42.5 Å². The number of nitrogens with one attached hydrogen (secondary N) is 1. The molecule has 1 aliphatic heterocycles. The van der Waals surface area contributed by atoms with Crippen molar-refractivity contribution in [2.45, 2.75) is 31.6 Å². The molecule has 2 heterocycles. The fraction of sp³-hybridized carbons (Fsp3) is 0.304. The molecule has 32 heavy (non-hydrogen) atoms. The summed E-state index contributed by atoms with van der Waals surface area (Å²) in [5, 5.41) is 3.36. The molecule has 168 valence electrons. The molecule has 0 bridgehead atoms. The second-order valence-corrected chi connectivity index (χ2v) is 7.87. The first kappa shape index (κ1) is 21.9. The van der Waals surface area contributed by atoms with Gasteiger partial charge >= 0.3 is 6.18 Å². The first-order chi connectivity index (χ1) is 15.1. The van der Waals surface area contributed by atoms with Crippen molar-refractivity contribution in [3.63, 3.8) is 0 Å². The van der Waals surface area contributed by atoms with Crippen molar-refractivity contribution in [2.24, 2.45) is 0 Å². The number of para-hydroxylation sites is 3. The Morgan fingerprint density at radius 1 is 1.22 bits per heavy atom. The number of halogens is 3. The minimum Gasteiger partial charge on any atom is -0.459 e. The number of hydrogen-bond donors (Lipinski definition) is 1. The number of likely N-dealkylation sites (N-methyl/N-ethyl adjacent to an activating group) is 1. The Morgan fingerprint density at radius 2 is 1.91 bits per heavy atom. The van der Waals surface area contributed by atoms with Gasteiger partial charge in [-0.05, 0) is 38.2 Å². The zero-order valence-electron chi connectivity index (χ0n) is 17.5. The van der Waals surface area contributed by atoms with Crippen LogP contribution in [0.25, 0.3) is 11.0 Å². The maximum absolute atomic E-state index is 13.9. The van der Waals surface area contributed by atoms with Crippen molar-refractivity contribution in [1.29, 1.82) is 0 Å². The molecule has 2 aromatic carbocycles. The van der Waals surface area contributed by atoms with Gasteiger partial charge in [-0.3, -0.25) is 19.4 Å². The lowest BCUT2D eigenvalue weighted by atomic mass is 10.1. The van der Waals surface area contributed by atoms with Crippen LogP contribution < -0.4 is 10.2 Å². The number of hydrogen-bond acceptors (Lipinski definition) is 4. The van der Waals surface area contributed by atoms with E-state index in [9.17, 15) is 22.8 Å². The van der Waals surface area contributed by atoms with E-state index >= 15 is 0 Å². The summed E-state index contributed by atoms with van der Waals surface area (Å²) in [5.74, 6) is -0.956. The number of amides is 2. The Labute approximate surface area is 182 Å². The van der Waals surface area contributed by atoms with Crippen LogP contribution in [0.5, 0.6) is 0 Å². The molecule has 0 radical (unpaired) electrons. The van der Waals surface area contributed by atoms with Gasteiger partial charge in [0.05, 0.1) is 30.4 Å². The van der Waals surface area contributed by atoms with Crippen LogP contribution in [0.4, 0.5) is 24.5 Å². The summed E-state index contributed by atoms with van der Waals surface area (Å²) in [7, 11) is 1.64. The van der Waals surface area contributed by atoms with Crippen LogP contribution in [0.3, 0.4) is 0 Å². The maximum Gasteiger partial charge on any atom is 0.409 e. The molecule has 0 spiro atoms. The summed E-state index contributed by atoms with van der Waals surface area (Å²) in [6.45, 7) is 1.51. The molecule has 1 aliphatic rings. The molecule has 0 saturated heterocycles. The second-order valence-electron chi connectivity index (χ2n) is 7.87. The van der Waals surface area contributed by atoms with Crippen LogP contribution in [0, 0.1) is 0 Å². The van der Waals surface area contributed by atoms with E-state index in [1.807, 2.05) is 37.3 Å². The molecule has 1 N–H and O–H groups in total. The van der Waals surface area contributed by atoms with Crippen molar-refractivity contribution < 1.29 is 27.2 Å². The first-order valence-corrected chi connectivity index (χ1v) is 10.1. The molecule has 0 fully saturated rings. The summed E-state index contributed by atoms with van der Waals surface area (Å²) in [6.07, 6.45) is -5.64. The lowest BCUT2D eigenvalue weighted by molar-refractivity contribution is -0.158. The zero-order chi connectivity index (χ0) is 23.0. The highest BCUT2D eigenvalue weighted by molar-refractivity contribution is 6.05. The number of carbonyl (C=O) groups is 2. The van der Waals surface area contributed by atoms with E-state index in [1.54, 1.807) is 18.0 Å². The van der Waals surface area contributed by atoms with Gasteiger partial charge in [0.2, 0.25) is 11.8 Å². The third-order valence-corrected chi connectivity index (χ3v) is 5.68. The quantitative estimate of drug-likeness (QED) is 0.631. The highest BCUT2D eigenvalue weighted by Crippen LogP contribution is 2.38. The van der Waals surface area contributed by atoms with Gasteiger partial charge in [-0.1, -0.05) is 30.3 Å². The van der Waals surface area contributed by atoms with Gasteiger partial charge in [0.25, 0.3) is 0 Å². The van der Waals surface area contributed by atoms with Gasteiger partial charge < -0.3 is 9.73 Å². The van der Waals surface area contributed by atoms with E-state index in [1.165, 1.54) is 18.2 Å². The summed E-state index contributed by atoms with van der Waals surface area (Å²) >= 11 is 0. The van der Waals surface area contributed by atoms with Gasteiger partial charge in [0.1, 0.15) is 17.4 Å². The highest BCUT2D eigenvalue weighted by Gasteiger charge is 2.49. The molecule has 2 atom stereocenters. The smallest absolute Gasteiger partial charge is 0.409 e. The number of alkyl halides is 3. The average molecular weight is 445 g/mol. The van der Waals surface area contributed by atoms with Gasteiger partial charge in [-0.15, -0.1) is 0 Å². The SMILES string of the molecule is C[C@H](c1cc2ccccc2o1)N(C)CC(=O)N1c2ccccc2NC(=O)C[C@@H]1C(F)(F)F. The number of nitrogens with zero attached hydrogens (tertiary/aromatic N) is 2. The number of benzene rings is 2. The Hall–Kier alpha value is -3.33. The molecule has 4 rings (SSSR count). The minimum atomic E-state index is -4.77. The number of furan rings is 1. The second kappa shape index (κ2) is 8.31. The summed E-state index contributed by atoms with van der Waals surface area (Å²) in [6, 6.07) is 12.7. The molecule has 2 amide bonds. The molecule has 1 aromatic heterocycles. The minimum absolute atomic E-state index is 0.0236. The van der Waals surface area contributed by atoms with Crippen molar-refractivity contribution >= 4 is 34.2 Å². The fourth-order valence-corrected chi connectivity index (χ4v) is 3.85. The zero-order valence-corrected chi connectivity index (χ0v) is 17.5. The monoisotopic (exact) mass is 445 g/mol. The summed E-state index contributed by atoms with van der Waals surface area (Å²) in [5.41, 5.74) is 0.887. The van der Waals surface area contributed by atoms with Crippen LogP contribution in [0.1, 0.15) is 25.1 Å². The number of anilines is 2. The third kappa shape index (κ3) is 4.20. The Balaban J connectivity index is 1.62. The molecule has 9 heteroatoms. The van der Waals surface area contributed by atoms with Gasteiger partial charge in [-0.2, -0.15) is 13.2 Å². The maximum atomic E-state index is 13.9. The van der Waals surface area contributed by atoms with Crippen molar-refractivity contribution in [2.75, 3.05) is 23.8 Å². The lowest BCUT2D eigenvalue weighted by Crippen LogP contribution is -2.52. The highest BCUT2D eigenvalue weighted by atomic mass is 19.4. The van der Waals surface area contributed by atoms with E-state index in [-0.39, 0.29) is 24.0 Å². The Bertz CT molecular complexity index is 1120. The van der Waals surface area contributed by atoms with Crippen LogP contribution >= 0.6 is 0 Å². The van der Waals surface area contributed by atoms with E-state index in [0.29, 0.717) is 16.2 Å². The Morgan fingerprint density at radius 3 is 2.62 bits per heavy atom. The van der Waals surface area contributed by atoms with E-state index in [2.05, 4.69) is 5.32 Å². The normalized spacial score (nSPS) is 17.8. The average Bonchev–Trinajstić information content (AvgIpc) is 3.10. The van der Waals surface area contributed by atoms with E-state index in [0.717, 1.165) is 5.39 Å². The first-order valence-electron chi connectivity index (χ1n) is 10.1. The molecule has 0 unspecified atom stereocenters. The van der Waals surface area contributed by atoms with E-state index in [4.69, 9.17) is 4.42 Å². The molecule has 0 saturated carbocycles. The van der Waals surface area contributed by atoms with Crippen LogP contribution in [0.2, 0.25) is 0 Å². The Kier molecular flexibility index (Phi) is 5.68. The van der Waals surface area contributed by atoms with Gasteiger partial charge in [0, 0.05) is 5.39 Å². The third-order valence-electron chi connectivity index (χ3n) is 5.68. The van der Waals surface area contributed by atoms with Gasteiger partial charge in [0.15, 0.2) is 0 Å². The molecule has 0 aliphatic carbocycles. The molecular formula is C23H22F3N3O3. The molecule has 6 nitrogen and oxygen atoms in total. The largest absolute Gasteiger partial charge is 0.459 e. The van der Waals surface area contributed by atoms with Crippen LogP contribution in [-0.2, 0) is 9.59 Å². The van der Waals surface area contributed by atoms with Crippen molar-refractivity contribution in [3.05, 3.63) is 60.4 Å². The lowest BCUT2D eigenvalue weighted by Gasteiger charge is -2.33. The van der Waals surface area contributed by atoms with E-state index < -0.39 is 30.5 Å². The standard InChI is InChI=1S/C23H22F3N3O3/c1-14(19-11-15-7-3-6-10-18(15)32-19)28(2)13-22(31)29-17-9-5-4-8-16(17)27-21(30)12-20(29)23(24,25)26/h3-11,14,20H,12-13H2,1-2H3,(H,27,30)/t14-,20-/m1/s1. The van der Waals surface area contributed by atoms with Crippen molar-refractivity contribution in [1.82, 2.24) is 4.90 Å². The molecular weight excluding hydrogens is 423 g/mol.